The summed E-state index contributed by atoms with van der Waals surface area (Å²) in [7, 11) is 1.97. The van der Waals surface area contributed by atoms with E-state index in [9.17, 15) is 0 Å². The minimum atomic E-state index is 0.491. The number of likely N-dealkylation sites (N-methyl/N-ethyl adjacent to an activating group) is 1. The van der Waals surface area contributed by atoms with Crippen molar-refractivity contribution in [2.75, 3.05) is 31.7 Å². The third-order valence-electron chi connectivity index (χ3n) is 2.21. The summed E-state index contributed by atoms with van der Waals surface area (Å²) >= 11 is 5.93. The summed E-state index contributed by atoms with van der Waals surface area (Å²) in [5.74, 6) is 1.61. The molecular formula is C11H18ClN3O. The second-order valence-electron chi connectivity index (χ2n) is 3.44. The highest BCUT2D eigenvalue weighted by Gasteiger charge is 2.06. The third kappa shape index (κ3) is 3.94. The second kappa shape index (κ2) is 6.66. The molecule has 0 aliphatic heterocycles. The normalized spacial score (nSPS) is 10.5. The Morgan fingerprint density at radius 3 is 2.75 bits per heavy atom. The minimum Gasteiger partial charge on any atom is -0.380 e. The Bertz CT molecular complexity index is 333. The van der Waals surface area contributed by atoms with Gasteiger partial charge in [-0.25, -0.2) is 9.97 Å². The van der Waals surface area contributed by atoms with Crippen LogP contribution >= 0.6 is 11.6 Å². The lowest BCUT2D eigenvalue weighted by Gasteiger charge is -2.18. The van der Waals surface area contributed by atoms with Crippen molar-refractivity contribution in [3.63, 3.8) is 0 Å². The summed E-state index contributed by atoms with van der Waals surface area (Å²) in [6, 6.07) is 1.77. The standard InChI is InChI=1S/C11H18ClN3O/c1-4-10-13-9(12)8-11(14-10)15(3)6-7-16-5-2/h8H,4-7H2,1-3H3. The molecular weight excluding hydrogens is 226 g/mol. The lowest BCUT2D eigenvalue weighted by Crippen LogP contribution is -2.24. The van der Waals surface area contributed by atoms with E-state index >= 15 is 0 Å². The lowest BCUT2D eigenvalue weighted by atomic mass is 10.4. The zero-order valence-electron chi connectivity index (χ0n) is 10.0. The van der Waals surface area contributed by atoms with Crippen LogP contribution in [-0.4, -0.2) is 36.8 Å². The average molecular weight is 244 g/mol. The van der Waals surface area contributed by atoms with Crippen molar-refractivity contribution in [2.45, 2.75) is 20.3 Å². The van der Waals surface area contributed by atoms with Crippen molar-refractivity contribution in [1.29, 1.82) is 0 Å². The Kier molecular flexibility index (Phi) is 5.49. The number of rotatable bonds is 6. The van der Waals surface area contributed by atoms with E-state index in [2.05, 4.69) is 9.97 Å². The van der Waals surface area contributed by atoms with Gasteiger partial charge in [-0.3, -0.25) is 0 Å². The molecule has 0 aliphatic carbocycles. The van der Waals surface area contributed by atoms with E-state index in [1.807, 2.05) is 25.8 Å². The van der Waals surface area contributed by atoms with E-state index in [-0.39, 0.29) is 0 Å². The monoisotopic (exact) mass is 243 g/mol. The first-order valence-electron chi connectivity index (χ1n) is 5.49. The van der Waals surface area contributed by atoms with Crippen LogP contribution in [0.4, 0.5) is 5.82 Å². The summed E-state index contributed by atoms with van der Waals surface area (Å²) in [5.41, 5.74) is 0. The van der Waals surface area contributed by atoms with Crippen LogP contribution in [0.1, 0.15) is 19.7 Å². The Morgan fingerprint density at radius 2 is 2.12 bits per heavy atom. The molecule has 0 atom stereocenters. The average Bonchev–Trinajstić information content (AvgIpc) is 2.28. The van der Waals surface area contributed by atoms with Gasteiger partial charge in [-0.1, -0.05) is 18.5 Å². The molecule has 0 N–H and O–H groups in total. The largest absolute Gasteiger partial charge is 0.380 e. The highest BCUT2D eigenvalue weighted by Crippen LogP contribution is 2.14. The number of aryl methyl sites for hydroxylation is 1. The molecule has 5 heteroatoms. The fourth-order valence-electron chi connectivity index (χ4n) is 1.27. The summed E-state index contributed by atoms with van der Waals surface area (Å²) < 4.78 is 5.29. The van der Waals surface area contributed by atoms with Crippen LogP contribution in [0.15, 0.2) is 6.07 Å². The highest BCUT2D eigenvalue weighted by molar-refractivity contribution is 6.29. The summed E-state index contributed by atoms with van der Waals surface area (Å²) in [6.45, 7) is 6.21. The molecule has 0 unspecified atom stereocenters. The predicted octanol–water partition coefficient (Wildman–Crippen LogP) is 2.17. The molecule has 0 bridgehead atoms. The minimum absolute atomic E-state index is 0.491. The molecule has 90 valence electrons. The van der Waals surface area contributed by atoms with Crippen LogP contribution in [0.3, 0.4) is 0 Å². The number of hydrogen-bond donors (Lipinski definition) is 0. The molecule has 0 aromatic carbocycles. The molecule has 16 heavy (non-hydrogen) atoms. The number of ether oxygens (including phenoxy) is 1. The molecule has 0 amide bonds. The van der Waals surface area contributed by atoms with E-state index in [0.29, 0.717) is 11.8 Å². The van der Waals surface area contributed by atoms with Crippen LogP contribution in [0.5, 0.6) is 0 Å². The quantitative estimate of drug-likeness (QED) is 0.567. The van der Waals surface area contributed by atoms with Gasteiger partial charge in [0.15, 0.2) is 0 Å². The van der Waals surface area contributed by atoms with Gasteiger partial charge in [-0.15, -0.1) is 0 Å². The summed E-state index contributed by atoms with van der Waals surface area (Å²) in [4.78, 5) is 10.5. The predicted molar refractivity (Wildman–Crippen MR) is 66.2 cm³/mol. The highest BCUT2D eigenvalue weighted by atomic mass is 35.5. The van der Waals surface area contributed by atoms with Crippen LogP contribution in [0.25, 0.3) is 0 Å². The van der Waals surface area contributed by atoms with Crippen molar-refractivity contribution in [1.82, 2.24) is 9.97 Å². The van der Waals surface area contributed by atoms with E-state index in [0.717, 1.165) is 31.2 Å². The molecule has 0 fully saturated rings. The van der Waals surface area contributed by atoms with Crippen molar-refractivity contribution in [3.05, 3.63) is 17.0 Å². The first-order valence-corrected chi connectivity index (χ1v) is 5.87. The topological polar surface area (TPSA) is 38.2 Å². The smallest absolute Gasteiger partial charge is 0.134 e. The van der Waals surface area contributed by atoms with Gasteiger partial charge in [-0.2, -0.15) is 0 Å². The maximum absolute atomic E-state index is 5.93. The number of nitrogens with zero attached hydrogens (tertiary/aromatic N) is 3. The van der Waals surface area contributed by atoms with Gasteiger partial charge in [-0.05, 0) is 6.92 Å². The van der Waals surface area contributed by atoms with Crippen molar-refractivity contribution in [3.8, 4) is 0 Å². The fourth-order valence-corrected chi connectivity index (χ4v) is 1.46. The van der Waals surface area contributed by atoms with Gasteiger partial charge in [0.05, 0.1) is 6.61 Å². The van der Waals surface area contributed by atoms with Crippen LogP contribution in [0.2, 0.25) is 5.15 Å². The molecule has 0 spiro atoms. The lowest BCUT2D eigenvalue weighted by molar-refractivity contribution is 0.154. The van der Waals surface area contributed by atoms with E-state index < -0.39 is 0 Å². The fraction of sp³-hybridized carbons (Fsp3) is 0.636. The van der Waals surface area contributed by atoms with Crippen molar-refractivity contribution < 1.29 is 4.74 Å². The molecule has 1 heterocycles. The van der Waals surface area contributed by atoms with Gasteiger partial charge < -0.3 is 9.64 Å². The third-order valence-corrected chi connectivity index (χ3v) is 2.40. The SMILES string of the molecule is CCOCCN(C)c1cc(Cl)nc(CC)n1. The zero-order chi connectivity index (χ0) is 12.0. The van der Waals surface area contributed by atoms with Crippen LogP contribution < -0.4 is 4.90 Å². The Labute approximate surface area is 102 Å². The van der Waals surface area contributed by atoms with Crippen LogP contribution in [0, 0.1) is 0 Å². The summed E-state index contributed by atoms with van der Waals surface area (Å²) in [5, 5.41) is 0.491. The molecule has 0 radical (unpaired) electrons. The number of aromatic nitrogens is 2. The molecule has 4 nitrogen and oxygen atoms in total. The molecule has 1 aromatic heterocycles. The van der Waals surface area contributed by atoms with Gasteiger partial charge in [0.1, 0.15) is 16.8 Å². The molecule has 1 rings (SSSR count). The molecule has 0 saturated heterocycles. The first-order chi connectivity index (χ1) is 7.67. The Balaban J connectivity index is 2.66. The first kappa shape index (κ1) is 13.2. The van der Waals surface area contributed by atoms with Gasteiger partial charge in [0.25, 0.3) is 0 Å². The number of halogens is 1. The van der Waals surface area contributed by atoms with Gasteiger partial charge in [0.2, 0.25) is 0 Å². The Hall–Kier alpha value is -0.870. The molecule has 0 aliphatic rings. The second-order valence-corrected chi connectivity index (χ2v) is 3.82. The zero-order valence-corrected chi connectivity index (χ0v) is 10.8. The van der Waals surface area contributed by atoms with Crippen molar-refractivity contribution >= 4 is 17.4 Å². The van der Waals surface area contributed by atoms with Crippen LogP contribution in [-0.2, 0) is 11.2 Å². The molecule has 0 saturated carbocycles. The maximum atomic E-state index is 5.93. The van der Waals surface area contributed by atoms with E-state index in [4.69, 9.17) is 16.3 Å². The van der Waals surface area contributed by atoms with E-state index in [1.165, 1.54) is 0 Å². The van der Waals surface area contributed by atoms with Gasteiger partial charge >= 0.3 is 0 Å². The molecule has 1 aromatic rings. The number of hydrogen-bond acceptors (Lipinski definition) is 4. The Morgan fingerprint density at radius 1 is 1.38 bits per heavy atom. The van der Waals surface area contributed by atoms with Crippen molar-refractivity contribution in [2.24, 2.45) is 0 Å². The maximum Gasteiger partial charge on any atom is 0.134 e. The van der Waals surface area contributed by atoms with Gasteiger partial charge in [0, 0.05) is 32.7 Å². The summed E-state index contributed by atoms with van der Waals surface area (Å²) in [6.07, 6.45) is 0.785. The number of anilines is 1. The van der Waals surface area contributed by atoms with E-state index in [1.54, 1.807) is 6.07 Å².